The SMILES string of the molecule is COc1ccccc1C(I)=C(SCc1ccc(F)cc1)C(=O)c1ccc(Cl)cc1. The third kappa shape index (κ3) is 5.62. The lowest BCUT2D eigenvalue weighted by Gasteiger charge is -2.13. The number of rotatable bonds is 7. The van der Waals surface area contributed by atoms with Crippen LogP contribution >= 0.6 is 46.0 Å². The number of hydrogen-bond donors (Lipinski definition) is 0. The van der Waals surface area contributed by atoms with Crippen LogP contribution in [0.5, 0.6) is 5.75 Å². The van der Waals surface area contributed by atoms with Crippen LogP contribution in [0.2, 0.25) is 5.02 Å². The van der Waals surface area contributed by atoms with Crippen LogP contribution in [0.25, 0.3) is 3.58 Å². The summed E-state index contributed by atoms with van der Waals surface area (Å²) in [6.07, 6.45) is 0. The Balaban J connectivity index is 2.01. The van der Waals surface area contributed by atoms with E-state index in [2.05, 4.69) is 22.6 Å². The first-order valence-corrected chi connectivity index (χ1v) is 11.1. The van der Waals surface area contributed by atoms with E-state index in [0.29, 0.717) is 27.0 Å². The Bertz CT molecular complexity index is 1030. The van der Waals surface area contributed by atoms with Gasteiger partial charge in [-0.05, 0) is 70.6 Å². The van der Waals surface area contributed by atoms with Gasteiger partial charge in [0.05, 0.1) is 12.0 Å². The van der Waals surface area contributed by atoms with E-state index < -0.39 is 0 Å². The number of thioether (sulfide) groups is 1. The Morgan fingerprint density at radius 1 is 1.03 bits per heavy atom. The molecular formula is C23H17ClFIO2S. The molecule has 0 amide bonds. The van der Waals surface area contributed by atoms with Crippen LogP contribution in [0.3, 0.4) is 0 Å². The summed E-state index contributed by atoms with van der Waals surface area (Å²) in [6, 6.07) is 20.7. The fourth-order valence-electron chi connectivity index (χ4n) is 2.65. The zero-order valence-electron chi connectivity index (χ0n) is 15.5. The zero-order chi connectivity index (χ0) is 20.8. The Morgan fingerprint density at radius 2 is 1.69 bits per heavy atom. The lowest BCUT2D eigenvalue weighted by Crippen LogP contribution is -2.03. The molecule has 148 valence electrons. The van der Waals surface area contributed by atoms with Crippen molar-refractivity contribution in [2.24, 2.45) is 0 Å². The largest absolute Gasteiger partial charge is 0.496 e. The van der Waals surface area contributed by atoms with Crippen molar-refractivity contribution in [1.29, 1.82) is 0 Å². The van der Waals surface area contributed by atoms with Gasteiger partial charge in [0.2, 0.25) is 0 Å². The Morgan fingerprint density at radius 3 is 2.34 bits per heavy atom. The van der Waals surface area contributed by atoms with Gasteiger partial charge < -0.3 is 4.74 Å². The van der Waals surface area contributed by atoms with Crippen molar-refractivity contribution >= 4 is 55.3 Å². The molecule has 0 atom stereocenters. The van der Waals surface area contributed by atoms with Gasteiger partial charge in [-0.2, -0.15) is 0 Å². The van der Waals surface area contributed by atoms with Crippen LogP contribution in [0.1, 0.15) is 21.5 Å². The molecular weight excluding hydrogens is 522 g/mol. The molecule has 3 aromatic carbocycles. The highest BCUT2D eigenvalue weighted by atomic mass is 127. The Kier molecular flexibility index (Phi) is 7.75. The van der Waals surface area contributed by atoms with Gasteiger partial charge in [-0.25, -0.2) is 4.39 Å². The van der Waals surface area contributed by atoms with Crippen molar-refractivity contribution < 1.29 is 13.9 Å². The molecule has 2 nitrogen and oxygen atoms in total. The topological polar surface area (TPSA) is 26.3 Å². The normalized spacial score (nSPS) is 11.7. The van der Waals surface area contributed by atoms with E-state index in [1.165, 1.54) is 23.9 Å². The predicted molar refractivity (Wildman–Crippen MR) is 127 cm³/mol. The van der Waals surface area contributed by atoms with Crippen LogP contribution in [0.4, 0.5) is 4.39 Å². The number of ketones is 1. The summed E-state index contributed by atoms with van der Waals surface area (Å²) in [4.78, 5) is 13.9. The molecule has 0 aliphatic heterocycles. The van der Waals surface area contributed by atoms with Gasteiger partial charge in [0.1, 0.15) is 11.6 Å². The van der Waals surface area contributed by atoms with E-state index >= 15 is 0 Å². The van der Waals surface area contributed by atoms with E-state index in [1.54, 1.807) is 43.5 Å². The van der Waals surface area contributed by atoms with Gasteiger partial charge in [-0.1, -0.05) is 41.9 Å². The number of carbonyl (C=O) groups is 1. The Labute approximate surface area is 192 Å². The molecule has 0 bridgehead atoms. The molecule has 29 heavy (non-hydrogen) atoms. The van der Waals surface area contributed by atoms with E-state index in [1.807, 2.05) is 24.3 Å². The standard InChI is InChI=1S/C23H17ClFIO2S/c1-28-20-5-3-2-4-19(20)21(26)23(22(27)16-8-10-17(24)11-9-16)29-14-15-6-12-18(25)13-7-15/h2-13H,14H2,1H3. The molecule has 0 spiro atoms. The summed E-state index contributed by atoms with van der Waals surface area (Å²) in [5.74, 6) is 0.858. The van der Waals surface area contributed by atoms with E-state index in [4.69, 9.17) is 16.3 Å². The fourth-order valence-corrected chi connectivity index (χ4v) is 4.92. The third-order valence-corrected chi connectivity index (χ3v) is 7.05. The fraction of sp³-hybridized carbons (Fsp3) is 0.0870. The summed E-state index contributed by atoms with van der Waals surface area (Å²) in [6.45, 7) is 0. The predicted octanol–water partition coefficient (Wildman–Crippen LogP) is 7.41. The van der Waals surface area contributed by atoms with E-state index in [-0.39, 0.29) is 11.6 Å². The lowest BCUT2D eigenvalue weighted by molar-refractivity contribution is 0.104. The number of halogens is 3. The van der Waals surface area contributed by atoms with Crippen molar-refractivity contribution in [3.8, 4) is 5.75 Å². The summed E-state index contributed by atoms with van der Waals surface area (Å²) >= 11 is 9.58. The van der Waals surface area contributed by atoms with E-state index in [9.17, 15) is 9.18 Å². The van der Waals surface area contributed by atoms with Crippen LogP contribution < -0.4 is 4.74 Å². The molecule has 0 radical (unpaired) electrons. The van der Waals surface area contributed by atoms with Crippen LogP contribution in [0, 0.1) is 5.82 Å². The molecule has 0 fully saturated rings. The van der Waals surface area contributed by atoms with Crippen LogP contribution in [-0.4, -0.2) is 12.9 Å². The molecule has 0 unspecified atom stereocenters. The van der Waals surface area contributed by atoms with Crippen LogP contribution in [-0.2, 0) is 5.75 Å². The first kappa shape index (κ1) is 21.9. The minimum Gasteiger partial charge on any atom is -0.496 e. The molecule has 0 N–H and O–H groups in total. The van der Waals surface area contributed by atoms with Crippen LogP contribution in [0.15, 0.2) is 77.7 Å². The minimum absolute atomic E-state index is 0.0934. The van der Waals surface area contributed by atoms with Gasteiger partial charge in [0, 0.05) is 25.5 Å². The maximum Gasteiger partial charge on any atom is 0.200 e. The maximum atomic E-state index is 13.3. The molecule has 0 aromatic heterocycles. The molecule has 0 saturated carbocycles. The molecule has 0 saturated heterocycles. The number of methoxy groups -OCH3 is 1. The average Bonchev–Trinajstić information content (AvgIpc) is 2.75. The van der Waals surface area contributed by atoms with Gasteiger partial charge in [-0.3, -0.25) is 4.79 Å². The zero-order valence-corrected chi connectivity index (χ0v) is 19.2. The molecule has 6 heteroatoms. The molecule has 0 aliphatic rings. The highest BCUT2D eigenvalue weighted by Gasteiger charge is 2.20. The smallest absolute Gasteiger partial charge is 0.200 e. The van der Waals surface area contributed by atoms with Gasteiger partial charge in [-0.15, -0.1) is 11.8 Å². The van der Waals surface area contributed by atoms with Gasteiger partial charge in [0.15, 0.2) is 5.78 Å². The molecule has 3 rings (SSSR count). The second-order valence-electron chi connectivity index (χ2n) is 6.09. The van der Waals surface area contributed by atoms with Gasteiger partial charge in [0.25, 0.3) is 0 Å². The summed E-state index contributed by atoms with van der Waals surface area (Å²) in [5, 5.41) is 0.575. The average molecular weight is 539 g/mol. The number of benzene rings is 3. The first-order valence-electron chi connectivity index (χ1n) is 8.70. The minimum atomic E-state index is -0.282. The van der Waals surface area contributed by atoms with Crippen molar-refractivity contribution in [1.82, 2.24) is 0 Å². The molecule has 0 heterocycles. The quantitative estimate of drug-likeness (QED) is 0.178. The molecule has 3 aromatic rings. The number of carbonyl (C=O) groups excluding carboxylic acids is 1. The Hall–Kier alpha value is -1.83. The number of ether oxygens (including phenoxy) is 1. The summed E-state index contributed by atoms with van der Waals surface area (Å²) < 4.78 is 19.5. The highest BCUT2D eigenvalue weighted by molar-refractivity contribution is 14.1. The summed E-state index contributed by atoms with van der Waals surface area (Å²) in [7, 11) is 1.61. The first-order chi connectivity index (χ1) is 14.0. The van der Waals surface area contributed by atoms with Crippen molar-refractivity contribution in [3.05, 3.63) is 105 Å². The number of para-hydroxylation sites is 1. The maximum absolute atomic E-state index is 13.3. The van der Waals surface area contributed by atoms with Crippen molar-refractivity contribution in [3.63, 3.8) is 0 Å². The summed E-state index contributed by atoms with van der Waals surface area (Å²) in [5.41, 5.74) is 2.33. The lowest BCUT2D eigenvalue weighted by atomic mass is 10.1. The molecule has 0 aliphatic carbocycles. The number of Topliss-reactive ketones (excluding diaryl/α,β-unsaturated/α-hetero) is 1. The second kappa shape index (κ2) is 10.3. The van der Waals surface area contributed by atoms with Crippen molar-refractivity contribution in [2.75, 3.05) is 7.11 Å². The monoisotopic (exact) mass is 538 g/mol. The number of hydrogen-bond acceptors (Lipinski definition) is 3. The van der Waals surface area contributed by atoms with Crippen molar-refractivity contribution in [2.45, 2.75) is 5.75 Å². The van der Waals surface area contributed by atoms with E-state index in [0.717, 1.165) is 14.7 Å². The number of allylic oxidation sites excluding steroid dienone is 1. The second-order valence-corrected chi connectivity index (χ2v) is 8.60. The third-order valence-electron chi connectivity index (χ3n) is 4.15. The van der Waals surface area contributed by atoms with Gasteiger partial charge >= 0.3 is 0 Å². The highest BCUT2D eigenvalue weighted by Crippen LogP contribution is 2.39.